The van der Waals surface area contributed by atoms with E-state index in [1.807, 2.05) is 63.4 Å². The molecule has 1 fully saturated rings. The zero-order chi connectivity index (χ0) is 26.0. The van der Waals surface area contributed by atoms with E-state index in [0.717, 1.165) is 35.0 Å². The van der Waals surface area contributed by atoms with Crippen molar-refractivity contribution >= 4 is 28.6 Å². The predicted octanol–water partition coefficient (Wildman–Crippen LogP) is 6.45. The average molecular weight is 495 g/mol. The highest BCUT2D eigenvalue weighted by Gasteiger charge is 2.28. The van der Waals surface area contributed by atoms with Crippen LogP contribution in [0.15, 0.2) is 67.0 Å². The molecule has 1 amide bonds. The van der Waals surface area contributed by atoms with Crippen LogP contribution in [-0.4, -0.2) is 50.3 Å². The summed E-state index contributed by atoms with van der Waals surface area (Å²) in [5.41, 5.74) is 3.37. The standard InChI is InChI=1S/C29H30N6O2/c1-29(2,3)37-28(36)34-16-10-11-20(18-34)32-27-31-17-24(30-4)26(33-27)23-19-35(21-12-6-5-7-13-21)25-15-9-8-14-22(23)25/h5-9,12-15,17,19-20H,10-11,16,18H2,1-3H3,(H,31,32,33)/t20-/m0/s1. The SMILES string of the molecule is [C-]#[N+]c1cnc(N[C@H]2CCCN(C(=O)OC(C)(C)C)C2)nc1-c1cn(-c2ccccc2)c2ccccc12. The maximum Gasteiger partial charge on any atom is 0.410 e. The number of likely N-dealkylation sites (tertiary alicyclic amines) is 1. The van der Waals surface area contributed by atoms with E-state index >= 15 is 0 Å². The zero-order valence-corrected chi connectivity index (χ0v) is 21.3. The summed E-state index contributed by atoms with van der Waals surface area (Å²) in [7, 11) is 0. The molecule has 0 radical (unpaired) electrons. The number of fused-ring (bicyclic) bond motifs is 1. The zero-order valence-electron chi connectivity index (χ0n) is 21.3. The van der Waals surface area contributed by atoms with Crippen molar-refractivity contribution in [1.29, 1.82) is 0 Å². The minimum Gasteiger partial charge on any atom is -0.444 e. The number of rotatable bonds is 4. The third-order valence-corrected chi connectivity index (χ3v) is 6.30. The van der Waals surface area contributed by atoms with Gasteiger partial charge >= 0.3 is 6.09 Å². The van der Waals surface area contributed by atoms with Gasteiger partial charge in [0, 0.05) is 48.2 Å². The van der Waals surface area contributed by atoms with Gasteiger partial charge in [0.25, 0.3) is 0 Å². The van der Waals surface area contributed by atoms with Crippen molar-refractivity contribution in [2.75, 3.05) is 18.4 Å². The Labute approximate surface area is 216 Å². The maximum atomic E-state index is 12.6. The normalized spacial score (nSPS) is 15.8. The summed E-state index contributed by atoms with van der Waals surface area (Å²) in [6, 6.07) is 18.2. The van der Waals surface area contributed by atoms with E-state index in [9.17, 15) is 4.79 Å². The third-order valence-electron chi connectivity index (χ3n) is 6.30. The van der Waals surface area contributed by atoms with Gasteiger partial charge in [0.15, 0.2) is 0 Å². The largest absolute Gasteiger partial charge is 0.444 e. The van der Waals surface area contributed by atoms with E-state index < -0.39 is 5.60 Å². The Morgan fingerprint density at radius 2 is 1.89 bits per heavy atom. The van der Waals surface area contributed by atoms with Gasteiger partial charge in [-0.25, -0.2) is 19.6 Å². The van der Waals surface area contributed by atoms with Gasteiger partial charge in [-0.1, -0.05) is 36.4 Å². The van der Waals surface area contributed by atoms with E-state index in [1.54, 1.807) is 11.1 Å². The predicted molar refractivity (Wildman–Crippen MR) is 145 cm³/mol. The van der Waals surface area contributed by atoms with Crippen molar-refractivity contribution in [2.45, 2.75) is 45.3 Å². The molecular formula is C29H30N6O2. The summed E-state index contributed by atoms with van der Waals surface area (Å²) < 4.78 is 7.67. The molecule has 1 saturated heterocycles. The molecule has 37 heavy (non-hydrogen) atoms. The summed E-state index contributed by atoms with van der Waals surface area (Å²) in [6.07, 6.45) is 5.04. The van der Waals surface area contributed by atoms with Crippen LogP contribution in [0.2, 0.25) is 0 Å². The Morgan fingerprint density at radius 3 is 2.65 bits per heavy atom. The number of hydrogen-bond acceptors (Lipinski definition) is 5. The molecule has 0 spiro atoms. The van der Waals surface area contributed by atoms with Crippen LogP contribution in [0, 0.1) is 6.57 Å². The lowest BCUT2D eigenvalue weighted by atomic mass is 10.1. The van der Waals surface area contributed by atoms with Gasteiger partial charge in [-0.2, -0.15) is 0 Å². The quantitative estimate of drug-likeness (QED) is 0.330. The highest BCUT2D eigenvalue weighted by Crippen LogP contribution is 2.37. The molecule has 8 heteroatoms. The second-order valence-electron chi connectivity index (χ2n) is 10.2. The molecule has 1 atom stereocenters. The first-order valence-electron chi connectivity index (χ1n) is 12.5. The van der Waals surface area contributed by atoms with Gasteiger partial charge in [-0.15, -0.1) is 0 Å². The molecule has 5 rings (SSSR count). The molecule has 1 N–H and O–H groups in total. The van der Waals surface area contributed by atoms with Crippen molar-refractivity contribution in [2.24, 2.45) is 0 Å². The van der Waals surface area contributed by atoms with Crippen molar-refractivity contribution in [3.63, 3.8) is 0 Å². The molecule has 2 aromatic carbocycles. The van der Waals surface area contributed by atoms with Gasteiger partial charge in [0.2, 0.25) is 11.6 Å². The molecule has 1 aliphatic rings. The van der Waals surface area contributed by atoms with Crippen LogP contribution < -0.4 is 5.32 Å². The molecule has 3 heterocycles. The molecule has 1 aliphatic heterocycles. The highest BCUT2D eigenvalue weighted by molar-refractivity contribution is 5.99. The monoisotopic (exact) mass is 494 g/mol. The lowest BCUT2D eigenvalue weighted by Crippen LogP contribution is -2.47. The minimum atomic E-state index is -0.538. The molecule has 4 aromatic rings. The van der Waals surface area contributed by atoms with Crippen molar-refractivity contribution < 1.29 is 9.53 Å². The van der Waals surface area contributed by atoms with Crippen LogP contribution in [0.4, 0.5) is 16.4 Å². The van der Waals surface area contributed by atoms with Gasteiger partial charge in [0.05, 0.1) is 17.8 Å². The van der Waals surface area contributed by atoms with Crippen LogP contribution in [0.25, 0.3) is 32.7 Å². The number of hydrogen-bond donors (Lipinski definition) is 1. The summed E-state index contributed by atoms with van der Waals surface area (Å²) in [5.74, 6) is 0.440. The molecule has 8 nitrogen and oxygen atoms in total. The van der Waals surface area contributed by atoms with Gasteiger partial charge < -0.3 is 19.5 Å². The first kappa shape index (κ1) is 24.3. The fourth-order valence-corrected chi connectivity index (χ4v) is 4.67. The Hall–Kier alpha value is -4.38. The van der Waals surface area contributed by atoms with Crippen molar-refractivity contribution in [3.05, 3.63) is 78.4 Å². The Kier molecular flexibility index (Phi) is 6.53. The lowest BCUT2D eigenvalue weighted by molar-refractivity contribution is 0.0206. The van der Waals surface area contributed by atoms with Gasteiger partial charge in [-0.3, -0.25) is 0 Å². The van der Waals surface area contributed by atoms with E-state index in [1.165, 1.54) is 0 Å². The van der Waals surface area contributed by atoms with Gasteiger partial charge in [0.1, 0.15) is 5.60 Å². The lowest BCUT2D eigenvalue weighted by Gasteiger charge is -2.34. The second kappa shape index (κ2) is 9.94. The third kappa shape index (κ3) is 5.26. The van der Waals surface area contributed by atoms with Crippen LogP contribution in [0.1, 0.15) is 33.6 Å². The summed E-state index contributed by atoms with van der Waals surface area (Å²) in [6.45, 7) is 14.5. The average Bonchev–Trinajstić information content (AvgIpc) is 3.28. The number of piperidine rings is 1. The minimum absolute atomic E-state index is 0.0152. The number of anilines is 1. The first-order valence-corrected chi connectivity index (χ1v) is 12.5. The first-order chi connectivity index (χ1) is 17.8. The molecule has 0 aliphatic carbocycles. The fourth-order valence-electron chi connectivity index (χ4n) is 4.67. The number of nitrogens with one attached hydrogen (secondary N) is 1. The van der Waals surface area contributed by atoms with Crippen LogP contribution >= 0.6 is 0 Å². The molecule has 188 valence electrons. The maximum absolute atomic E-state index is 12.6. The highest BCUT2D eigenvalue weighted by atomic mass is 16.6. The number of nitrogens with zero attached hydrogens (tertiary/aromatic N) is 5. The molecule has 0 bridgehead atoms. The smallest absolute Gasteiger partial charge is 0.410 e. The fraction of sp³-hybridized carbons (Fsp3) is 0.310. The molecule has 0 saturated carbocycles. The number of benzene rings is 2. The Bertz CT molecular complexity index is 1470. The van der Waals surface area contributed by atoms with Crippen LogP contribution in [0.3, 0.4) is 0 Å². The number of carbonyl (C=O) groups excluding carboxylic acids is 1. The van der Waals surface area contributed by atoms with Crippen LogP contribution in [0.5, 0.6) is 0 Å². The number of para-hydroxylation sites is 2. The van der Waals surface area contributed by atoms with Crippen LogP contribution in [-0.2, 0) is 4.74 Å². The van der Waals surface area contributed by atoms with Crippen molar-refractivity contribution in [3.8, 4) is 16.9 Å². The van der Waals surface area contributed by atoms with E-state index in [2.05, 4.69) is 37.9 Å². The second-order valence-corrected chi connectivity index (χ2v) is 10.2. The summed E-state index contributed by atoms with van der Waals surface area (Å²) >= 11 is 0. The molecule has 0 unspecified atom stereocenters. The topological polar surface area (TPSA) is 76.6 Å². The number of aromatic nitrogens is 3. The van der Waals surface area contributed by atoms with E-state index in [0.29, 0.717) is 30.4 Å². The number of amides is 1. The van der Waals surface area contributed by atoms with E-state index in [-0.39, 0.29) is 12.1 Å². The Balaban J connectivity index is 1.46. The number of ether oxygens (including phenoxy) is 1. The summed E-state index contributed by atoms with van der Waals surface area (Å²) in [5, 5.41) is 4.40. The van der Waals surface area contributed by atoms with Gasteiger partial charge in [-0.05, 0) is 51.8 Å². The molecule has 2 aromatic heterocycles. The Morgan fingerprint density at radius 1 is 1.14 bits per heavy atom. The summed E-state index contributed by atoms with van der Waals surface area (Å²) in [4.78, 5) is 27.3. The number of carbonyl (C=O) groups is 1. The molecular weight excluding hydrogens is 464 g/mol. The van der Waals surface area contributed by atoms with E-state index in [4.69, 9.17) is 16.3 Å². The van der Waals surface area contributed by atoms with Crippen molar-refractivity contribution in [1.82, 2.24) is 19.4 Å².